The molecular formula is C13H26BOP. The Morgan fingerprint density at radius 3 is 1.50 bits per heavy atom. The van der Waals surface area contributed by atoms with Gasteiger partial charge in [0.2, 0.25) is 0 Å². The van der Waals surface area contributed by atoms with Crippen LogP contribution >= 0.6 is 7.14 Å². The minimum absolute atomic E-state index is 0.606. The summed E-state index contributed by atoms with van der Waals surface area (Å²) < 4.78 is 13.3. The standard InChI is InChI=1S/C13H26BOP/c14-11-16(15,12-7-3-1-4-8-12)13-9-5-2-6-10-13/h12-13H,1-11,14H2. The van der Waals surface area contributed by atoms with Gasteiger partial charge in [0.15, 0.2) is 0 Å². The average Bonchev–Trinajstić information content (AvgIpc) is 2.40. The lowest BCUT2D eigenvalue weighted by molar-refractivity contribution is 0.449. The Bertz CT molecular complexity index is 233. The first-order valence-corrected chi connectivity index (χ1v) is 9.39. The maximum atomic E-state index is 13.3. The summed E-state index contributed by atoms with van der Waals surface area (Å²) in [6, 6.07) is 0.975. The Labute approximate surface area is 102 Å². The molecule has 0 aromatic heterocycles. The van der Waals surface area contributed by atoms with E-state index in [4.69, 9.17) is 0 Å². The molecule has 2 aliphatic rings. The second-order valence-electron chi connectivity index (χ2n) is 5.75. The molecule has 0 bridgehead atoms. The lowest BCUT2D eigenvalue weighted by atomic mass is 9.99. The first kappa shape index (κ1) is 12.7. The van der Waals surface area contributed by atoms with Crippen LogP contribution in [0.5, 0.6) is 0 Å². The molecule has 0 aromatic carbocycles. The van der Waals surface area contributed by atoms with Gasteiger partial charge in [-0.1, -0.05) is 38.5 Å². The highest BCUT2D eigenvalue weighted by atomic mass is 31.2. The molecule has 0 amide bonds. The van der Waals surface area contributed by atoms with E-state index in [2.05, 4.69) is 7.85 Å². The first-order valence-electron chi connectivity index (χ1n) is 7.36. The predicted molar refractivity (Wildman–Crippen MR) is 74.8 cm³/mol. The van der Waals surface area contributed by atoms with Crippen LogP contribution in [0.2, 0.25) is 0 Å². The monoisotopic (exact) mass is 240 g/mol. The quantitative estimate of drug-likeness (QED) is 0.544. The molecule has 0 aromatic rings. The van der Waals surface area contributed by atoms with Crippen molar-refractivity contribution < 1.29 is 4.57 Å². The van der Waals surface area contributed by atoms with Crippen molar-refractivity contribution in [2.24, 2.45) is 0 Å². The van der Waals surface area contributed by atoms with E-state index in [0.29, 0.717) is 11.3 Å². The molecule has 92 valence electrons. The molecule has 0 aliphatic heterocycles. The van der Waals surface area contributed by atoms with E-state index in [0.717, 1.165) is 6.06 Å². The van der Waals surface area contributed by atoms with Crippen molar-refractivity contribution in [3.8, 4) is 0 Å². The Morgan fingerprint density at radius 2 is 1.19 bits per heavy atom. The smallest absolute Gasteiger partial charge is 0.110 e. The van der Waals surface area contributed by atoms with Gasteiger partial charge in [0.25, 0.3) is 0 Å². The fraction of sp³-hybridized carbons (Fsp3) is 1.00. The van der Waals surface area contributed by atoms with E-state index >= 15 is 0 Å². The molecule has 16 heavy (non-hydrogen) atoms. The van der Waals surface area contributed by atoms with Crippen molar-refractivity contribution in [2.45, 2.75) is 75.5 Å². The molecule has 0 atom stereocenters. The van der Waals surface area contributed by atoms with Crippen molar-refractivity contribution in [1.29, 1.82) is 0 Å². The Kier molecular flexibility index (Phi) is 4.59. The topological polar surface area (TPSA) is 17.1 Å². The van der Waals surface area contributed by atoms with Crippen molar-refractivity contribution in [2.75, 3.05) is 6.06 Å². The van der Waals surface area contributed by atoms with Crippen molar-refractivity contribution in [3.05, 3.63) is 0 Å². The van der Waals surface area contributed by atoms with Crippen LogP contribution in [0.3, 0.4) is 0 Å². The van der Waals surface area contributed by atoms with E-state index in [-0.39, 0.29) is 0 Å². The van der Waals surface area contributed by atoms with Gasteiger partial charge in [-0.05, 0) is 31.7 Å². The minimum atomic E-state index is -1.85. The third-order valence-corrected chi connectivity index (χ3v) is 9.37. The molecule has 0 radical (unpaired) electrons. The van der Waals surface area contributed by atoms with Gasteiger partial charge < -0.3 is 4.57 Å². The van der Waals surface area contributed by atoms with E-state index in [1.807, 2.05) is 0 Å². The lowest BCUT2D eigenvalue weighted by Gasteiger charge is -2.37. The molecule has 2 aliphatic carbocycles. The molecule has 2 fully saturated rings. The van der Waals surface area contributed by atoms with Gasteiger partial charge in [-0.2, -0.15) is 0 Å². The molecule has 0 spiro atoms. The fourth-order valence-electron chi connectivity index (χ4n) is 3.85. The SMILES string of the molecule is BCP(=O)(C1CCCCC1)C1CCCCC1. The minimum Gasteiger partial charge on any atom is -0.324 e. The normalized spacial score (nSPS) is 25.8. The summed E-state index contributed by atoms with van der Waals surface area (Å²) in [5, 5.41) is 0. The predicted octanol–water partition coefficient (Wildman–Crippen LogP) is 3.61. The van der Waals surface area contributed by atoms with Gasteiger partial charge in [-0.3, -0.25) is 0 Å². The molecular weight excluding hydrogens is 214 g/mol. The lowest BCUT2D eigenvalue weighted by Crippen LogP contribution is -2.25. The average molecular weight is 240 g/mol. The van der Waals surface area contributed by atoms with E-state index < -0.39 is 7.14 Å². The second kappa shape index (κ2) is 5.76. The molecule has 0 unspecified atom stereocenters. The van der Waals surface area contributed by atoms with Crippen molar-refractivity contribution in [1.82, 2.24) is 0 Å². The summed E-state index contributed by atoms with van der Waals surface area (Å²) in [5.74, 6) is 0. The third kappa shape index (κ3) is 2.58. The highest BCUT2D eigenvalue weighted by Gasteiger charge is 2.39. The number of rotatable bonds is 3. The molecule has 3 heteroatoms. The Balaban J connectivity index is 2.06. The summed E-state index contributed by atoms with van der Waals surface area (Å²) in [6.07, 6.45) is 13.2. The van der Waals surface area contributed by atoms with Gasteiger partial charge in [-0.15, -0.1) is 0 Å². The van der Waals surface area contributed by atoms with Gasteiger partial charge in [0, 0.05) is 11.3 Å². The number of hydrogen-bond acceptors (Lipinski definition) is 1. The molecule has 0 N–H and O–H groups in total. The molecule has 2 rings (SSSR count). The highest BCUT2D eigenvalue weighted by Crippen LogP contribution is 2.61. The first-order chi connectivity index (χ1) is 7.77. The zero-order chi connectivity index (χ0) is 11.4. The number of hydrogen-bond donors (Lipinski definition) is 0. The van der Waals surface area contributed by atoms with Crippen LogP contribution in [0, 0.1) is 0 Å². The Morgan fingerprint density at radius 1 is 0.812 bits per heavy atom. The van der Waals surface area contributed by atoms with Crippen LogP contribution in [0.15, 0.2) is 0 Å². The van der Waals surface area contributed by atoms with Gasteiger partial charge in [0.1, 0.15) is 7.85 Å². The van der Waals surface area contributed by atoms with Crippen LogP contribution < -0.4 is 0 Å². The largest absolute Gasteiger partial charge is 0.324 e. The molecule has 0 heterocycles. The van der Waals surface area contributed by atoms with Gasteiger partial charge in [-0.25, -0.2) is 0 Å². The van der Waals surface area contributed by atoms with Crippen molar-refractivity contribution >= 4 is 15.0 Å². The Hall–Kier alpha value is 0.295. The van der Waals surface area contributed by atoms with E-state index in [1.165, 1.54) is 64.2 Å². The van der Waals surface area contributed by atoms with Crippen LogP contribution in [0.25, 0.3) is 0 Å². The molecule has 1 nitrogen and oxygen atoms in total. The summed E-state index contributed by atoms with van der Waals surface area (Å²) >= 11 is 0. The highest BCUT2D eigenvalue weighted by molar-refractivity contribution is 7.66. The summed E-state index contributed by atoms with van der Waals surface area (Å²) in [5.41, 5.74) is 1.21. The summed E-state index contributed by atoms with van der Waals surface area (Å²) in [6.45, 7) is 0. The van der Waals surface area contributed by atoms with E-state index in [9.17, 15) is 4.57 Å². The van der Waals surface area contributed by atoms with Crippen LogP contribution in [-0.4, -0.2) is 25.2 Å². The summed E-state index contributed by atoms with van der Waals surface area (Å²) in [7, 11) is 0.333. The van der Waals surface area contributed by atoms with Crippen molar-refractivity contribution in [3.63, 3.8) is 0 Å². The summed E-state index contributed by atoms with van der Waals surface area (Å²) in [4.78, 5) is 0. The van der Waals surface area contributed by atoms with Gasteiger partial charge >= 0.3 is 0 Å². The molecule has 0 saturated heterocycles. The second-order valence-corrected chi connectivity index (χ2v) is 9.56. The van der Waals surface area contributed by atoms with Crippen LogP contribution in [-0.2, 0) is 4.57 Å². The van der Waals surface area contributed by atoms with Crippen LogP contribution in [0.4, 0.5) is 0 Å². The fourth-order valence-corrected chi connectivity index (χ4v) is 7.96. The van der Waals surface area contributed by atoms with E-state index in [1.54, 1.807) is 0 Å². The maximum Gasteiger partial charge on any atom is 0.110 e. The zero-order valence-electron chi connectivity index (χ0n) is 10.8. The van der Waals surface area contributed by atoms with Gasteiger partial charge in [0.05, 0.1) is 7.14 Å². The van der Waals surface area contributed by atoms with Crippen LogP contribution in [0.1, 0.15) is 64.2 Å². The maximum absolute atomic E-state index is 13.3. The third-order valence-electron chi connectivity index (χ3n) is 4.88. The molecule has 2 saturated carbocycles. The zero-order valence-corrected chi connectivity index (χ0v) is 11.7.